The molecule has 2 unspecified atom stereocenters. The number of aromatic nitrogens is 3. The zero-order valence-electron chi connectivity index (χ0n) is 15.9. The number of fused-ring (bicyclic) bond motifs is 1. The normalized spacial score (nSPS) is 13.3. The Balaban J connectivity index is 1.89. The molecule has 28 heavy (non-hydrogen) atoms. The van der Waals surface area contributed by atoms with E-state index in [1.807, 2.05) is 47.1 Å². The minimum atomic E-state index is -0.230. The van der Waals surface area contributed by atoms with Crippen molar-refractivity contribution in [2.75, 3.05) is 6.61 Å². The fraction of sp³-hybridized carbons (Fsp3) is 0.167. The fourth-order valence-corrected chi connectivity index (χ4v) is 3.48. The molecule has 3 aromatic carbocycles. The van der Waals surface area contributed by atoms with E-state index in [0.717, 1.165) is 22.2 Å². The lowest BCUT2D eigenvalue weighted by Crippen LogP contribution is -2.23. The van der Waals surface area contributed by atoms with Gasteiger partial charge in [0.2, 0.25) is 0 Å². The van der Waals surface area contributed by atoms with Crippen LogP contribution in [-0.4, -0.2) is 21.6 Å². The van der Waals surface area contributed by atoms with Crippen molar-refractivity contribution in [3.63, 3.8) is 0 Å². The van der Waals surface area contributed by atoms with E-state index in [9.17, 15) is 0 Å². The SMILES string of the molecule is C=CCOC(c1ccc(C)cc1)C(c1ccccc1)n1nnc2ccccc21. The summed E-state index contributed by atoms with van der Waals surface area (Å²) in [5.41, 5.74) is 5.29. The lowest BCUT2D eigenvalue weighted by molar-refractivity contribution is 0.0414. The molecule has 0 saturated heterocycles. The van der Waals surface area contributed by atoms with Crippen LogP contribution in [0.5, 0.6) is 0 Å². The van der Waals surface area contributed by atoms with Gasteiger partial charge in [0.1, 0.15) is 17.7 Å². The van der Waals surface area contributed by atoms with Gasteiger partial charge in [0.05, 0.1) is 12.1 Å². The zero-order valence-corrected chi connectivity index (χ0v) is 15.9. The molecule has 0 spiro atoms. The Hall–Kier alpha value is -3.24. The third kappa shape index (κ3) is 3.59. The minimum absolute atomic E-state index is 0.156. The van der Waals surface area contributed by atoms with Crippen LogP contribution in [0, 0.1) is 6.92 Å². The highest BCUT2D eigenvalue weighted by atomic mass is 16.5. The van der Waals surface area contributed by atoms with Crippen molar-refractivity contribution in [3.05, 3.63) is 108 Å². The van der Waals surface area contributed by atoms with Gasteiger partial charge in [-0.1, -0.05) is 83.6 Å². The third-order valence-corrected chi connectivity index (χ3v) is 4.87. The fourth-order valence-electron chi connectivity index (χ4n) is 3.48. The predicted molar refractivity (Wildman–Crippen MR) is 112 cm³/mol. The van der Waals surface area contributed by atoms with E-state index in [-0.39, 0.29) is 12.1 Å². The van der Waals surface area contributed by atoms with Crippen molar-refractivity contribution in [2.45, 2.75) is 19.1 Å². The summed E-state index contributed by atoms with van der Waals surface area (Å²) in [7, 11) is 0. The molecular formula is C24H23N3O. The first-order chi connectivity index (χ1) is 13.8. The van der Waals surface area contributed by atoms with Gasteiger partial charge in [-0.05, 0) is 30.2 Å². The van der Waals surface area contributed by atoms with Gasteiger partial charge in [-0.2, -0.15) is 0 Å². The summed E-state index contributed by atoms with van der Waals surface area (Å²) in [4.78, 5) is 0. The van der Waals surface area contributed by atoms with Crippen LogP contribution >= 0.6 is 0 Å². The smallest absolute Gasteiger partial charge is 0.113 e. The van der Waals surface area contributed by atoms with E-state index in [1.165, 1.54) is 5.56 Å². The molecule has 1 heterocycles. The lowest BCUT2D eigenvalue weighted by Gasteiger charge is -2.28. The van der Waals surface area contributed by atoms with Crippen molar-refractivity contribution in [3.8, 4) is 0 Å². The van der Waals surface area contributed by atoms with Crippen LogP contribution in [-0.2, 0) is 4.74 Å². The largest absolute Gasteiger partial charge is 0.367 e. The van der Waals surface area contributed by atoms with Gasteiger partial charge in [-0.25, -0.2) is 4.68 Å². The maximum absolute atomic E-state index is 6.30. The molecular weight excluding hydrogens is 346 g/mol. The highest BCUT2D eigenvalue weighted by molar-refractivity contribution is 5.74. The molecule has 1 aromatic heterocycles. The number of ether oxygens (including phenoxy) is 1. The maximum atomic E-state index is 6.30. The Bertz CT molecular complexity index is 1050. The predicted octanol–water partition coefficient (Wildman–Crippen LogP) is 5.27. The average Bonchev–Trinajstić information content (AvgIpc) is 3.16. The van der Waals surface area contributed by atoms with E-state index >= 15 is 0 Å². The second-order valence-corrected chi connectivity index (χ2v) is 6.83. The summed E-state index contributed by atoms with van der Waals surface area (Å²) < 4.78 is 8.27. The molecule has 0 radical (unpaired) electrons. The van der Waals surface area contributed by atoms with Crippen molar-refractivity contribution in [1.82, 2.24) is 15.0 Å². The summed E-state index contributed by atoms with van der Waals surface area (Å²) in [5, 5.41) is 8.88. The maximum Gasteiger partial charge on any atom is 0.113 e. The van der Waals surface area contributed by atoms with Crippen molar-refractivity contribution < 1.29 is 4.74 Å². The standard InChI is InChI=1S/C24H23N3O/c1-3-17-28-24(20-15-13-18(2)14-16-20)23(19-9-5-4-6-10-19)27-22-12-8-7-11-21(22)25-26-27/h3-16,23-24H,1,17H2,2H3. The molecule has 0 aliphatic carbocycles. The van der Waals surface area contributed by atoms with Crippen molar-refractivity contribution in [1.29, 1.82) is 0 Å². The summed E-state index contributed by atoms with van der Waals surface area (Å²) in [6, 6.07) is 26.7. The first-order valence-electron chi connectivity index (χ1n) is 9.42. The second-order valence-electron chi connectivity index (χ2n) is 6.83. The molecule has 2 atom stereocenters. The molecule has 0 saturated carbocycles. The van der Waals surface area contributed by atoms with Crippen molar-refractivity contribution in [2.24, 2.45) is 0 Å². The third-order valence-electron chi connectivity index (χ3n) is 4.87. The van der Waals surface area contributed by atoms with E-state index in [1.54, 1.807) is 6.08 Å². The molecule has 0 amide bonds. The summed E-state index contributed by atoms with van der Waals surface area (Å²) in [6.07, 6.45) is 1.55. The average molecular weight is 369 g/mol. The molecule has 4 aromatic rings. The monoisotopic (exact) mass is 369 g/mol. The Kier molecular flexibility index (Phi) is 5.31. The van der Waals surface area contributed by atoms with Crippen LogP contribution in [0.1, 0.15) is 28.8 Å². The molecule has 4 heteroatoms. The molecule has 4 nitrogen and oxygen atoms in total. The molecule has 0 aliphatic heterocycles. The topological polar surface area (TPSA) is 39.9 Å². The van der Waals surface area contributed by atoms with Crippen LogP contribution in [0.25, 0.3) is 11.0 Å². The van der Waals surface area contributed by atoms with Gasteiger partial charge in [-0.3, -0.25) is 0 Å². The molecule has 140 valence electrons. The number of aryl methyl sites for hydroxylation is 1. The molecule has 0 N–H and O–H groups in total. The number of benzene rings is 3. The lowest BCUT2D eigenvalue weighted by atomic mass is 9.94. The Morgan fingerprint density at radius 3 is 2.39 bits per heavy atom. The first kappa shape index (κ1) is 18.1. The van der Waals surface area contributed by atoms with Gasteiger partial charge in [0, 0.05) is 0 Å². The van der Waals surface area contributed by atoms with Gasteiger partial charge in [-0.15, -0.1) is 11.7 Å². The van der Waals surface area contributed by atoms with E-state index in [4.69, 9.17) is 4.74 Å². The van der Waals surface area contributed by atoms with Crippen LogP contribution in [0.4, 0.5) is 0 Å². The number of rotatable bonds is 7. The summed E-state index contributed by atoms with van der Waals surface area (Å²) >= 11 is 0. The molecule has 0 fully saturated rings. The minimum Gasteiger partial charge on any atom is -0.367 e. The van der Waals surface area contributed by atoms with E-state index in [2.05, 4.69) is 60.2 Å². The second kappa shape index (κ2) is 8.19. The molecule has 0 aliphatic rings. The number of nitrogens with zero attached hydrogens (tertiary/aromatic N) is 3. The Morgan fingerprint density at radius 2 is 1.64 bits per heavy atom. The number of para-hydroxylation sites is 1. The van der Waals surface area contributed by atoms with Crippen LogP contribution in [0.3, 0.4) is 0 Å². The van der Waals surface area contributed by atoms with Gasteiger partial charge in [0.25, 0.3) is 0 Å². The summed E-state index contributed by atoms with van der Waals surface area (Å²) in [5.74, 6) is 0. The van der Waals surface area contributed by atoms with Gasteiger partial charge in [0.15, 0.2) is 0 Å². The Labute approximate surface area is 165 Å². The highest BCUT2D eigenvalue weighted by Gasteiger charge is 2.29. The quantitative estimate of drug-likeness (QED) is 0.417. The Morgan fingerprint density at radius 1 is 0.929 bits per heavy atom. The van der Waals surface area contributed by atoms with E-state index in [0.29, 0.717) is 6.61 Å². The highest BCUT2D eigenvalue weighted by Crippen LogP contribution is 2.36. The zero-order chi connectivity index (χ0) is 19.3. The number of hydrogen-bond acceptors (Lipinski definition) is 3. The van der Waals surface area contributed by atoms with Crippen LogP contribution in [0.2, 0.25) is 0 Å². The molecule has 0 bridgehead atoms. The van der Waals surface area contributed by atoms with Crippen molar-refractivity contribution >= 4 is 11.0 Å². The van der Waals surface area contributed by atoms with Gasteiger partial charge < -0.3 is 4.74 Å². The first-order valence-corrected chi connectivity index (χ1v) is 9.42. The number of hydrogen-bond donors (Lipinski definition) is 0. The summed E-state index contributed by atoms with van der Waals surface area (Å²) in [6.45, 7) is 6.36. The molecule has 4 rings (SSSR count). The van der Waals surface area contributed by atoms with Crippen LogP contribution < -0.4 is 0 Å². The van der Waals surface area contributed by atoms with Crippen LogP contribution in [0.15, 0.2) is 91.5 Å². The van der Waals surface area contributed by atoms with E-state index < -0.39 is 0 Å². The van der Waals surface area contributed by atoms with Gasteiger partial charge >= 0.3 is 0 Å².